The van der Waals surface area contributed by atoms with E-state index >= 15 is 0 Å². The second-order valence-corrected chi connectivity index (χ2v) is 6.44. The summed E-state index contributed by atoms with van der Waals surface area (Å²) in [6, 6.07) is 0.797. The summed E-state index contributed by atoms with van der Waals surface area (Å²) in [7, 11) is 0. The first kappa shape index (κ1) is 12.7. The average molecular weight is 240 g/mol. The number of nitrogens with zero attached hydrogens (tertiary/aromatic N) is 1. The van der Waals surface area contributed by atoms with Gasteiger partial charge in [-0.2, -0.15) is 0 Å². The Morgan fingerprint density at radius 1 is 1.35 bits per heavy atom. The Labute approximate surface area is 103 Å². The van der Waals surface area contributed by atoms with Gasteiger partial charge in [-0.05, 0) is 46.0 Å². The van der Waals surface area contributed by atoms with E-state index in [9.17, 15) is 4.79 Å². The van der Waals surface area contributed by atoms with E-state index in [2.05, 4.69) is 6.92 Å². The highest BCUT2D eigenvalue weighted by molar-refractivity contribution is 5.69. The highest BCUT2D eigenvalue weighted by Crippen LogP contribution is 2.39. The van der Waals surface area contributed by atoms with E-state index < -0.39 is 5.60 Å². The molecule has 4 heteroatoms. The van der Waals surface area contributed by atoms with Crippen molar-refractivity contribution in [2.45, 2.75) is 70.7 Å². The largest absolute Gasteiger partial charge is 0.444 e. The van der Waals surface area contributed by atoms with Gasteiger partial charge in [0.1, 0.15) is 5.60 Å². The minimum atomic E-state index is -0.417. The third-order valence-electron chi connectivity index (χ3n) is 3.98. The van der Waals surface area contributed by atoms with Crippen molar-refractivity contribution in [1.82, 2.24) is 4.90 Å². The Morgan fingerprint density at radius 3 is 2.59 bits per heavy atom. The van der Waals surface area contributed by atoms with E-state index in [-0.39, 0.29) is 18.2 Å². The lowest BCUT2D eigenvalue weighted by atomic mass is 9.88. The molecule has 0 spiro atoms. The van der Waals surface area contributed by atoms with Crippen LogP contribution in [0.25, 0.3) is 0 Å². The van der Waals surface area contributed by atoms with Crippen molar-refractivity contribution in [3.63, 3.8) is 0 Å². The second kappa shape index (κ2) is 4.16. The number of fused-ring (bicyclic) bond motifs is 2. The van der Waals surface area contributed by atoms with Crippen molar-refractivity contribution in [2.75, 3.05) is 0 Å². The zero-order valence-electron chi connectivity index (χ0n) is 11.3. The van der Waals surface area contributed by atoms with Gasteiger partial charge in [0.15, 0.2) is 0 Å². The van der Waals surface area contributed by atoms with Gasteiger partial charge in [0.2, 0.25) is 0 Å². The molecule has 17 heavy (non-hydrogen) atoms. The van der Waals surface area contributed by atoms with Gasteiger partial charge in [0.05, 0.1) is 0 Å². The monoisotopic (exact) mass is 240 g/mol. The lowest BCUT2D eigenvalue weighted by Crippen LogP contribution is -2.55. The van der Waals surface area contributed by atoms with E-state index in [4.69, 9.17) is 10.5 Å². The lowest BCUT2D eigenvalue weighted by molar-refractivity contribution is -0.00265. The molecule has 2 saturated heterocycles. The van der Waals surface area contributed by atoms with Crippen molar-refractivity contribution in [1.29, 1.82) is 0 Å². The average Bonchev–Trinajstić information content (AvgIpc) is 2.51. The SMILES string of the molecule is C[C@H]1[C@H]2CC[C@H](C[C@@H]1N)N2C(=O)OC(C)(C)C. The molecule has 4 atom stereocenters. The number of hydrogen-bond acceptors (Lipinski definition) is 3. The number of nitrogens with two attached hydrogens (primary N) is 1. The molecule has 2 aliphatic heterocycles. The first-order valence-corrected chi connectivity index (χ1v) is 6.56. The fourth-order valence-electron chi connectivity index (χ4n) is 3.07. The van der Waals surface area contributed by atoms with Crippen molar-refractivity contribution < 1.29 is 9.53 Å². The van der Waals surface area contributed by atoms with Crippen LogP contribution in [0, 0.1) is 5.92 Å². The molecule has 98 valence electrons. The lowest BCUT2D eigenvalue weighted by Gasteiger charge is -2.42. The molecule has 0 saturated carbocycles. The zero-order valence-corrected chi connectivity index (χ0v) is 11.3. The maximum Gasteiger partial charge on any atom is 0.410 e. The van der Waals surface area contributed by atoms with Crippen molar-refractivity contribution in [3.8, 4) is 0 Å². The number of hydrogen-bond donors (Lipinski definition) is 1. The Bertz CT molecular complexity index is 311. The summed E-state index contributed by atoms with van der Waals surface area (Å²) in [5.74, 6) is 0.376. The third-order valence-corrected chi connectivity index (χ3v) is 3.98. The molecule has 2 bridgehead atoms. The Hall–Kier alpha value is -0.770. The summed E-state index contributed by atoms with van der Waals surface area (Å²) < 4.78 is 5.49. The summed E-state index contributed by atoms with van der Waals surface area (Å²) in [4.78, 5) is 14.1. The molecule has 2 aliphatic rings. The Kier molecular flexibility index (Phi) is 3.10. The molecule has 2 rings (SSSR count). The number of piperidine rings is 1. The standard InChI is InChI=1S/C13H24N2O2/c1-8-10(14)7-9-5-6-11(8)15(9)12(16)17-13(2,3)4/h8-11H,5-7,14H2,1-4H3/t8-,9-,10+,11-/m1/s1. The normalized spacial score (nSPS) is 37.1. The summed E-state index contributed by atoms with van der Waals surface area (Å²) in [5, 5.41) is 0. The predicted molar refractivity (Wildman–Crippen MR) is 66.6 cm³/mol. The summed E-state index contributed by atoms with van der Waals surface area (Å²) in [6.45, 7) is 7.87. The summed E-state index contributed by atoms with van der Waals surface area (Å²) in [6.07, 6.45) is 2.89. The van der Waals surface area contributed by atoms with Crippen molar-refractivity contribution in [2.24, 2.45) is 11.7 Å². The van der Waals surface area contributed by atoms with Crippen LogP contribution in [0.1, 0.15) is 47.0 Å². The van der Waals surface area contributed by atoms with Crippen molar-refractivity contribution >= 4 is 6.09 Å². The fourth-order valence-corrected chi connectivity index (χ4v) is 3.07. The summed E-state index contributed by atoms with van der Waals surface area (Å²) in [5.41, 5.74) is 5.69. The molecule has 0 aromatic heterocycles. The van der Waals surface area contributed by atoms with Crippen LogP contribution in [0.5, 0.6) is 0 Å². The number of amides is 1. The Balaban J connectivity index is 2.10. The topological polar surface area (TPSA) is 55.6 Å². The van der Waals surface area contributed by atoms with Crippen LogP contribution in [0.4, 0.5) is 4.79 Å². The van der Waals surface area contributed by atoms with Crippen molar-refractivity contribution in [3.05, 3.63) is 0 Å². The summed E-state index contributed by atoms with van der Waals surface area (Å²) >= 11 is 0. The molecular weight excluding hydrogens is 216 g/mol. The molecule has 4 nitrogen and oxygen atoms in total. The minimum absolute atomic E-state index is 0.163. The van der Waals surface area contributed by atoms with Gasteiger partial charge in [-0.3, -0.25) is 0 Å². The van der Waals surface area contributed by atoms with Gasteiger partial charge >= 0.3 is 6.09 Å². The van der Waals surface area contributed by atoms with Crippen LogP contribution in [0.2, 0.25) is 0 Å². The fraction of sp³-hybridized carbons (Fsp3) is 0.923. The van der Waals surface area contributed by atoms with E-state index in [0.717, 1.165) is 19.3 Å². The maximum atomic E-state index is 12.2. The molecule has 2 N–H and O–H groups in total. The molecular formula is C13H24N2O2. The number of carbonyl (C=O) groups is 1. The minimum Gasteiger partial charge on any atom is -0.444 e. The number of ether oxygens (including phenoxy) is 1. The Morgan fingerprint density at radius 2 is 2.00 bits per heavy atom. The van der Waals surface area contributed by atoms with Gasteiger partial charge in [0.25, 0.3) is 0 Å². The van der Waals surface area contributed by atoms with Crippen LogP contribution < -0.4 is 5.73 Å². The van der Waals surface area contributed by atoms with Crippen LogP contribution in [0.15, 0.2) is 0 Å². The van der Waals surface area contributed by atoms with E-state index in [1.54, 1.807) is 0 Å². The molecule has 0 aromatic rings. The number of rotatable bonds is 0. The first-order valence-electron chi connectivity index (χ1n) is 6.56. The number of carbonyl (C=O) groups excluding carboxylic acids is 1. The maximum absolute atomic E-state index is 12.2. The first-order chi connectivity index (χ1) is 7.79. The van der Waals surface area contributed by atoms with Crippen LogP contribution in [-0.2, 0) is 4.74 Å². The molecule has 0 aliphatic carbocycles. The molecule has 1 amide bonds. The predicted octanol–water partition coefficient (Wildman–Crippen LogP) is 2.12. The van der Waals surface area contributed by atoms with E-state index in [1.165, 1.54) is 0 Å². The van der Waals surface area contributed by atoms with E-state index in [1.807, 2.05) is 25.7 Å². The smallest absolute Gasteiger partial charge is 0.410 e. The van der Waals surface area contributed by atoms with Gasteiger partial charge in [-0.1, -0.05) is 6.92 Å². The van der Waals surface area contributed by atoms with E-state index in [0.29, 0.717) is 12.0 Å². The highest BCUT2D eigenvalue weighted by atomic mass is 16.6. The highest BCUT2D eigenvalue weighted by Gasteiger charge is 2.47. The van der Waals surface area contributed by atoms with Crippen LogP contribution >= 0.6 is 0 Å². The van der Waals surface area contributed by atoms with Gasteiger partial charge in [-0.15, -0.1) is 0 Å². The third kappa shape index (κ3) is 2.41. The molecule has 2 fully saturated rings. The molecule has 0 radical (unpaired) electrons. The molecule has 2 heterocycles. The van der Waals surface area contributed by atoms with Gasteiger partial charge in [0, 0.05) is 18.1 Å². The van der Waals surface area contributed by atoms with Gasteiger partial charge < -0.3 is 15.4 Å². The molecule has 0 unspecified atom stereocenters. The zero-order chi connectivity index (χ0) is 12.8. The quantitative estimate of drug-likeness (QED) is 0.705. The molecule has 0 aromatic carbocycles. The van der Waals surface area contributed by atoms with Crippen LogP contribution in [0.3, 0.4) is 0 Å². The van der Waals surface area contributed by atoms with Crippen LogP contribution in [-0.4, -0.2) is 34.7 Å². The second-order valence-electron chi connectivity index (χ2n) is 6.44. The van der Waals surface area contributed by atoms with Gasteiger partial charge in [-0.25, -0.2) is 4.79 Å².